The molecule has 0 unspecified atom stereocenters. The Hall–Kier alpha value is -1.82. The Labute approximate surface area is 156 Å². The molecule has 1 fully saturated rings. The fourth-order valence-electron chi connectivity index (χ4n) is 3.89. The molecule has 1 aromatic heterocycles. The maximum Gasteiger partial charge on any atom is 0.410 e. The van der Waals surface area contributed by atoms with Crippen molar-refractivity contribution in [3.63, 3.8) is 0 Å². The molecule has 1 saturated heterocycles. The molecule has 26 heavy (non-hydrogen) atoms. The van der Waals surface area contributed by atoms with Gasteiger partial charge in [-0.3, -0.25) is 0 Å². The van der Waals surface area contributed by atoms with Gasteiger partial charge in [-0.25, -0.2) is 9.78 Å². The second-order valence-electron chi connectivity index (χ2n) is 8.32. The highest BCUT2D eigenvalue weighted by Crippen LogP contribution is 2.36. The lowest BCUT2D eigenvalue weighted by molar-refractivity contribution is 0.0191. The fraction of sp³-hybridized carbons (Fsp3) is 0.700. The molecule has 0 aromatic carbocycles. The molecule has 1 amide bonds. The minimum Gasteiger partial charge on any atom is -0.444 e. The maximum atomic E-state index is 12.5. The van der Waals surface area contributed by atoms with Crippen molar-refractivity contribution in [2.24, 2.45) is 0 Å². The highest BCUT2D eigenvalue weighted by molar-refractivity contribution is 5.69. The van der Waals surface area contributed by atoms with Crippen LogP contribution in [-0.4, -0.2) is 53.4 Å². The average molecular weight is 361 g/mol. The Bertz CT molecular complexity index is 671. The summed E-state index contributed by atoms with van der Waals surface area (Å²) >= 11 is 0. The molecule has 0 aliphatic carbocycles. The molecule has 2 aliphatic rings. The largest absolute Gasteiger partial charge is 0.444 e. The van der Waals surface area contributed by atoms with E-state index in [1.165, 1.54) is 5.56 Å². The molecule has 144 valence electrons. The molecule has 3 atom stereocenters. The number of hydrogen-bond acceptors (Lipinski definition) is 5. The maximum absolute atomic E-state index is 12.5. The minimum absolute atomic E-state index is 0.0114. The van der Waals surface area contributed by atoms with Crippen LogP contribution >= 0.6 is 0 Å². The van der Waals surface area contributed by atoms with Crippen molar-refractivity contribution in [1.29, 1.82) is 0 Å². The van der Waals surface area contributed by atoms with Crippen molar-refractivity contribution < 1.29 is 14.3 Å². The summed E-state index contributed by atoms with van der Waals surface area (Å²) in [5.74, 6) is 1.05. The lowest BCUT2D eigenvalue weighted by Gasteiger charge is -2.43. The van der Waals surface area contributed by atoms with E-state index < -0.39 is 5.60 Å². The first-order valence-corrected chi connectivity index (χ1v) is 9.57. The lowest BCUT2D eigenvalue weighted by Crippen LogP contribution is -2.58. The first kappa shape index (κ1) is 19.0. The van der Waals surface area contributed by atoms with Gasteiger partial charge in [0.25, 0.3) is 0 Å². The molecule has 0 saturated carbocycles. The number of ether oxygens (including phenoxy) is 2. The second kappa shape index (κ2) is 7.06. The van der Waals surface area contributed by atoms with Crippen LogP contribution in [0.5, 0.6) is 0 Å². The van der Waals surface area contributed by atoms with Crippen LogP contribution in [0.25, 0.3) is 0 Å². The van der Waals surface area contributed by atoms with Crippen LogP contribution in [0.3, 0.4) is 0 Å². The normalized spacial score (nSPS) is 23.5. The number of amides is 1. The quantitative estimate of drug-likeness (QED) is 0.824. The Morgan fingerprint density at radius 2 is 2.08 bits per heavy atom. The number of rotatable bonds is 3. The van der Waals surface area contributed by atoms with Gasteiger partial charge in [-0.1, -0.05) is 6.07 Å². The first-order chi connectivity index (χ1) is 12.2. The summed E-state index contributed by atoms with van der Waals surface area (Å²) in [6.45, 7) is 13.9. The van der Waals surface area contributed by atoms with Crippen LogP contribution in [0.2, 0.25) is 0 Å². The van der Waals surface area contributed by atoms with Gasteiger partial charge in [0.2, 0.25) is 0 Å². The predicted molar refractivity (Wildman–Crippen MR) is 102 cm³/mol. The Morgan fingerprint density at radius 3 is 2.73 bits per heavy atom. The number of anilines is 1. The number of hydrogen-bond donors (Lipinski definition) is 0. The molecule has 0 radical (unpaired) electrons. The third-order valence-electron chi connectivity index (χ3n) is 4.95. The van der Waals surface area contributed by atoms with Gasteiger partial charge in [-0.05, 0) is 59.6 Å². The first-order valence-electron chi connectivity index (χ1n) is 9.57. The van der Waals surface area contributed by atoms with Gasteiger partial charge in [0.1, 0.15) is 11.4 Å². The Morgan fingerprint density at radius 1 is 1.35 bits per heavy atom. The summed E-state index contributed by atoms with van der Waals surface area (Å²) in [4.78, 5) is 21.6. The van der Waals surface area contributed by atoms with E-state index in [9.17, 15) is 4.79 Å². The molecule has 0 spiro atoms. The standard InChI is InChI=1S/C20H31N3O3/c1-7-25-14(3)17-9-8-15-10-16-12-22(19(24)26-20(4,5)6)11-13(2)23(16)18(15)21-17/h8-9,13-14,16H,7,10-12H2,1-6H3/t13-,14+,16-/m1/s1. The van der Waals surface area contributed by atoms with Crippen molar-refractivity contribution in [1.82, 2.24) is 9.88 Å². The van der Waals surface area contributed by atoms with Gasteiger partial charge in [0, 0.05) is 25.7 Å². The predicted octanol–water partition coefficient (Wildman–Crippen LogP) is 3.55. The van der Waals surface area contributed by atoms with Crippen molar-refractivity contribution in [2.45, 2.75) is 71.8 Å². The van der Waals surface area contributed by atoms with Crippen LogP contribution in [0, 0.1) is 0 Å². The smallest absolute Gasteiger partial charge is 0.410 e. The zero-order valence-corrected chi connectivity index (χ0v) is 16.8. The number of carbonyl (C=O) groups is 1. The minimum atomic E-state index is -0.470. The molecule has 3 heterocycles. The molecule has 1 aromatic rings. The van der Waals surface area contributed by atoms with E-state index in [0.717, 1.165) is 17.9 Å². The number of aromatic nitrogens is 1. The number of carbonyl (C=O) groups excluding carboxylic acids is 1. The van der Waals surface area contributed by atoms with Crippen LogP contribution in [0.15, 0.2) is 12.1 Å². The third-order valence-corrected chi connectivity index (χ3v) is 4.95. The summed E-state index contributed by atoms with van der Waals surface area (Å²) in [7, 11) is 0. The van der Waals surface area contributed by atoms with Gasteiger partial charge in [0.05, 0.1) is 17.8 Å². The zero-order valence-electron chi connectivity index (χ0n) is 16.8. The molecule has 0 N–H and O–H groups in total. The fourth-order valence-corrected chi connectivity index (χ4v) is 3.89. The van der Waals surface area contributed by atoms with E-state index in [0.29, 0.717) is 19.7 Å². The van der Waals surface area contributed by atoms with Crippen LogP contribution in [-0.2, 0) is 15.9 Å². The number of nitrogens with zero attached hydrogens (tertiary/aromatic N) is 3. The SMILES string of the molecule is CCO[C@@H](C)c1ccc2c(n1)N1[C@H](C2)CN(C(=O)OC(C)(C)C)C[C@H]1C. The lowest BCUT2D eigenvalue weighted by atomic mass is 10.1. The monoisotopic (exact) mass is 361 g/mol. The number of fused-ring (bicyclic) bond motifs is 3. The van der Waals surface area contributed by atoms with Crippen molar-refractivity contribution >= 4 is 11.9 Å². The van der Waals surface area contributed by atoms with Gasteiger partial charge in [0.15, 0.2) is 0 Å². The molecule has 6 nitrogen and oxygen atoms in total. The molecule has 2 aliphatic heterocycles. The molecule has 3 rings (SSSR count). The van der Waals surface area contributed by atoms with Gasteiger partial charge in [-0.15, -0.1) is 0 Å². The zero-order chi connectivity index (χ0) is 19.1. The molecular weight excluding hydrogens is 330 g/mol. The number of pyridine rings is 1. The van der Waals surface area contributed by atoms with Crippen molar-refractivity contribution in [2.75, 3.05) is 24.6 Å². The van der Waals surface area contributed by atoms with Crippen LogP contribution in [0.1, 0.15) is 58.9 Å². The Balaban J connectivity index is 1.77. The number of piperazine rings is 1. The molecule has 0 bridgehead atoms. The van der Waals surface area contributed by atoms with Gasteiger partial charge in [-0.2, -0.15) is 0 Å². The summed E-state index contributed by atoms with van der Waals surface area (Å²) < 4.78 is 11.3. The van der Waals surface area contributed by atoms with Crippen LogP contribution in [0.4, 0.5) is 10.6 Å². The summed E-state index contributed by atoms with van der Waals surface area (Å²) in [5.41, 5.74) is 1.75. The van der Waals surface area contributed by atoms with Gasteiger partial charge >= 0.3 is 6.09 Å². The molecule has 6 heteroatoms. The summed E-state index contributed by atoms with van der Waals surface area (Å²) in [5, 5.41) is 0. The van der Waals surface area contributed by atoms with E-state index in [1.807, 2.05) is 39.5 Å². The highest BCUT2D eigenvalue weighted by atomic mass is 16.6. The van der Waals surface area contributed by atoms with E-state index in [2.05, 4.69) is 24.0 Å². The second-order valence-corrected chi connectivity index (χ2v) is 8.32. The van der Waals surface area contributed by atoms with Crippen molar-refractivity contribution in [3.05, 3.63) is 23.4 Å². The van der Waals surface area contributed by atoms with Gasteiger partial charge < -0.3 is 19.3 Å². The highest BCUT2D eigenvalue weighted by Gasteiger charge is 2.41. The molecular formula is C20H31N3O3. The van der Waals surface area contributed by atoms with E-state index in [-0.39, 0.29) is 24.3 Å². The van der Waals surface area contributed by atoms with E-state index >= 15 is 0 Å². The third kappa shape index (κ3) is 3.80. The van der Waals surface area contributed by atoms with E-state index in [1.54, 1.807) is 0 Å². The topological polar surface area (TPSA) is 54.9 Å². The summed E-state index contributed by atoms with van der Waals surface area (Å²) in [6, 6.07) is 4.68. The average Bonchev–Trinajstić information content (AvgIpc) is 2.91. The van der Waals surface area contributed by atoms with Crippen molar-refractivity contribution in [3.8, 4) is 0 Å². The van der Waals surface area contributed by atoms with Crippen LogP contribution < -0.4 is 4.90 Å². The summed E-state index contributed by atoms with van der Waals surface area (Å²) in [6.07, 6.45) is 0.677. The van der Waals surface area contributed by atoms with E-state index in [4.69, 9.17) is 14.5 Å². The Kier molecular flexibility index (Phi) is 5.15.